The minimum atomic E-state index is -0.976. The fraction of sp³-hybridized carbons (Fsp3) is 0.353. The van der Waals surface area contributed by atoms with Crippen molar-refractivity contribution in [2.75, 3.05) is 45.4 Å². The molecule has 10 heteroatoms. The van der Waals surface area contributed by atoms with E-state index in [1.165, 1.54) is 7.11 Å². The summed E-state index contributed by atoms with van der Waals surface area (Å²) in [4.78, 5) is 25.6. The lowest BCUT2D eigenvalue weighted by Gasteiger charge is -2.29. The highest BCUT2D eigenvalue weighted by Gasteiger charge is 2.24. The van der Waals surface area contributed by atoms with E-state index in [1.807, 2.05) is 0 Å². The summed E-state index contributed by atoms with van der Waals surface area (Å²) in [5, 5.41) is 5.99. The van der Waals surface area contributed by atoms with E-state index in [1.54, 1.807) is 4.90 Å². The summed E-state index contributed by atoms with van der Waals surface area (Å²) in [6, 6.07) is 2.00. The Morgan fingerprint density at radius 3 is 2.56 bits per heavy atom. The Bertz CT molecular complexity index is 926. The van der Waals surface area contributed by atoms with E-state index >= 15 is 0 Å². The molecule has 1 fully saturated rings. The fourth-order valence-corrected chi connectivity index (χ4v) is 2.82. The molecule has 3 rings (SSSR count). The standard InChI is InChI=1S/C17H17F2N3O5/c1-25-16-13(20-21-14(15(16)23)17(24)26-2)9-7-11(19)12(8-10(9)18)22-3-5-27-6-4-22/h7-8H,3-6H2,1-2H3,(H,20,23). The molecule has 0 spiro atoms. The molecule has 1 saturated heterocycles. The molecular formula is C17H17F2N3O5. The molecule has 27 heavy (non-hydrogen) atoms. The van der Waals surface area contributed by atoms with Gasteiger partial charge in [-0.2, -0.15) is 5.10 Å². The van der Waals surface area contributed by atoms with E-state index in [9.17, 15) is 18.4 Å². The van der Waals surface area contributed by atoms with Crippen LogP contribution in [-0.4, -0.2) is 56.7 Å². The smallest absolute Gasteiger partial charge is 0.362 e. The molecule has 1 aromatic carbocycles. The number of H-pyrrole nitrogens is 1. The van der Waals surface area contributed by atoms with Crippen molar-refractivity contribution < 1.29 is 27.8 Å². The third-order valence-electron chi connectivity index (χ3n) is 4.17. The minimum absolute atomic E-state index is 0.0972. The molecular weight excluding hydrogens is 364 g/mol. The first-order valence-corrected chi connectivity index (χ1v) is 8.05. The van der Waals surface area contributed by atoms with Crippen LogP contribution in [0.4, 0.5) is 14.5 Å². The number of methoxy groups -OCH3 is 2. The van der Waals surface area contributed by atoms with Crippen LogP contribution in [0.1, 0.15) is 10.5 Å². The lowest BCUT2D eigenvalue weighted by molar-refractivity contribution is 0.0590. The molecule has 0 atom stereocenters. The Morgan fingerprint density at radius 1 is 1.22 bits per heavy atom. The van der Waals surface area contributed by atoms with Crippen molar-refractivity contribution in [3.05, 3.63) is 39.7 Å². The lowest BCUT2D eigenvalue weighted by Crippen LogP contribution is -2.36. The van der Waals surface area contributed by atoms with Crippen molar-refractivity contribution in [2.24, 2.45) is 0 Å². The van der Waals surface area contributed by atoms with Gasteiger partial charge in [-0.15, -0.1) is 0 Å². The van der Waals surface area contributed by atoms with Crippen LogP contribution in [0.15, 0.2) is 16.9 Å². The summed E-state index contributed by atoms with van der Waals surface area (Å²) in [7, 11) is 2.26. The predicted octanol–water partition coefficient (Wildman–Crippen LogP) is 1.35. The van der Waals surface area contributed by atoms with Crippen LogP contribution in [0.3, 0.4) is 0 Å². The number of halogens is 2. The molecule has 1 N–H and O–H groups in total. The number of benzene rings is 1. The van der Waals surface area contributed by atoms with Crippen molar-refractivity contribution in [1.29, 1.82) is 0 Å². The van der Waals surface area contributed by atoms with Crippen molar-refractivity contribution in [3.63, 3.8) is 0 Å². The normalized spacial score (nSPS) is 14.1. The largest absolute Gasteiger partial charge is 0.491 e. The molecule has 0 radical (unpaired) electrons. The fourth-order valence-electron chi connectivity index (χ4n) is 2.82. The van der Waals surface area contributed by atoms with E-state index in [0.29, 0.717) is 26.3 Å². The summed E-state index contributed by atoms with van der Waals surface area (Å²) in [5.41, 5.74) is -1.78. The van der Waals surface area contributed by atoms with Crippen LogP contribution in [-0.2, 0) is 9.47 Å². The average molecular weight is 381 g/mol. The highest BCUT2D eigenvalue weighted by atomic mass is 19.1. The van der Waals surface area contributed by atoms with Crippen LogP contribution < -0.4 is 15.1 Å². The molecule has 2 aromatic rings. The number of rotatable bonds is 4. The quantitative estimate of drug-likeness (QED) is 0.799. The number of hydrogen-bond acceptors (Lipinski definition) is 7. The number of hydrogen-bond donors (Lipinski definition) is 1. The van der Waals surface area contributed by atoms with Gasteiger partial charge in [-0.05, 0) is 6.07 Å². The number of carbonyl (C=O) groups is 1. The molecule has 8 nitrogen and oxygen atoms in total. The molecule has 0 amide bonds. The Hall–Kier alpha value is -3.01. The van der Waals surface area contributed by atoms with Crippen molar-refractivity contribution in [2.45, 2.75) is 0 Å². The highest BCUT2D eigenvalue weighted by Crippen LogP contribution is 2.32. The third kappa shape index (κ3) is 3.47. The number of aromatic amines is 1. The molecule has 0 saturated carbocycles. The third-order valence-corrected chi connectivity index (χ3v) is 4.17. The number of carbonyl (C=O) groups excluding carboxylic acids is 1. The molecule has 2 heterocycles. The summed E-state index contributed by atoms with van der Waals surface area (Å²) >= 11 is 0. The van der Waals surface area contributed by atoms with Gasteiger partial charge in [0, 0.05) is 24.7 Å². The van der Waals surface area contributed by atoms with Crippen LogP contribution in [0.5, 0.6) is 5.75 Å². The Balaban J connectivity index is 2.09. The van der Waals surface area contributed by atoms with Gasteiger partial charge in [0.25, 0.3) is 5.43 Å². The highest BCUT2D eigenvalue weighted by molar-refractivity contribution is 5.88. The molecule has 1 aliphatic heterocycles. The topological polar surface area (TPSA) is 93.8 Å². The molecule has 144 valence electrons. The first kappa shape index (κ1) is 18.8. The van der Waals surface area contributed by atoms with Gasteiger partial charge in [0.05, 0.1) is 33.1 Å². The number of morpholine rings is 1. The number of anilines is 1. The van der Waals surface area contributed by atoms with Gasteiger partial charge in [-0.1, -0.05) is 0 Å². The van der Waals surface area contributed by atoms with Crippen molar-refractivity contribution in [3.8, 4) is 17.0 Å². The number of aromatic nitrogens is 2. The summed E-state index contributed by atoms with van der Waals surface area (Å²) in [6.45, 7) is 1.71. The number of nitrogens with zero attached hydrogens (tertiary/aromatic N) is 2. The zero-order valence-corrected chi connectivity index (χ0v) is 14.7. The summed E-state index contributed by atoms with van der Waals surface area (Å²) in [5.74, 6) is -2.80. The van der Waals surface area contributed by atoms with E-state index in [2.05, 4.69) is 14.9 Å². The van der Waals surface area contributed by atoms with Crippen LogP contribution in [0.25, 0.3) is 11.3 Å². The van der Waals surface area contributed by atoms with Gasteiger partial charge in [-0.3, -0.25) is 9.89 Å². The van der Waals surface area contributed by atoms with Crippen molar-refractivity contribution >= 4 is 11.7 Å². The lowest BCUT2D eigenvalue weighted by atomic mass is 10.1. The minimum Gasteiger partial charge on any atom is -0.491 e. The summed E-state index contributed by atoms with van der Waals surface area (Å²) in [6.07, 6.45) is 0. The predicted molar refractivity (Wildman–Crippen MR) is 91.1 cm³/mol. The molecule has 1 aromatic heterocycles. The van der Waals surface area contributed by atoms with E-state index < -0.39 is 28.7 Å². The molecule has 0 unspecified atom stereocenters. The van der Waals surface area contributed by atoms with Gasteiger partial charge in [-0.25, -0.2) is 13.6 Å². The SMILES string of the molecule is COC(=O)c1n[nH]c(-c2cc(F)c(N3CCOCC3)cc2F)c(OC)c1=O. The Kier molecular flexibility index (Phi) is 5.36. The Labute approximate surface area is 152 Å². The number of ether oxygens (including phenoxy) is 3. The second-order valence-electron chi connectivity index (χ2n) is 5.68. The van der Waals surface area contributed by atoms with Gasteiger partial charge < -0.3 is 19.1 Å². The van der Waals surface area contributed by atoms with Crippen LogP contribution >= 0.6 is 0 Å². The van der Waals surface area contributed by atoms with Crippen molar-refractivity contribution in [1.82, 2.24) is 10.2 Å². The van der Waals surface area contributed by atoms with Gasteiger partial charge in [0.2, 0.25) is 5.69 Å². The monoisotopic (exact) mass is 381 g/mol. The van der Waals surface area contributed by atoms with Crippen LogP contribution in [0.2, 0.25) is 0 Å². The molecule has 0 aliphatic carbocycles. The van der Waals surface area contributed by atoms with Crippen LogP contribution in [0, 0.1) is 11.6 Å². The van der Waals surface area contributed by atoms with Gasteiger partial charge in [0.1, 0.15) is 17.3 Å². The average Bonchev–Trinajstić information content (AvgIpc) is 2.69. The first-order chi connectivity index (χ1) is 13.0. The molecule has 0 bridgehead atoms. The zero-order valence-electron chi connectivity index (χ0n) is 14.7. The van der Waals surface area contributed by atoms with Gasteiger partial charge >= 0.3 is 5.97 Å². The van der Waals surface area contributed by atoms with E-state index in [-0.39, 0.29) is 22.7 Å². The zero-order chi connectivity index (χ0) is 19.6. The number of esters is 1. The van der Waals surface area contributed by atoms with Gasteiger partial charge in [0.15, 0.2) is 5.75 Å². The summed E-state index contributed by atoms with van der Waals surface area (Å²) < 4.78 is 44.0. The maximum Gasteiger partial charge on any atom is 0.362 e. The van der Waals surface area contributed by atoms with E-state index in [0.717, 1.165) is 19.2 Å². The first-order valence-electron chi connectivity index (χ1n) is 8.05. The van der Waals surface area contributed by atoms with E-state index in [4.69, 9.17) is 9.47 Å². The second-order valence-corrected chi connectivity index (χ2v) is 5.68. The Morgan fingerprint density at radius 2 is 1.93 bits per heavy atom. The maximum absolute atomic E-state index is 14.7. The number of nitrogens with one attached hydrogen (secondary N) is 1. The maximum atomic E-state index is 14.7. The molecule has 1 aliphatic rings. The second kappa shape index (κ2) is 7.70.